The summed E-state index contributed by atoms with van der Waals surface area (Å²) in [5.41, 5.74) is 2.64. The summed E-state index contributed by atoms with van der Waals surface area (Å²) >= 11 is 4.86. The van der Waals surface area contributed by atoms with Crippen molar-refractivity contribution in [3.63, 3.8) is 0 Å². The lowest BCUT2D eigenvalue weighted by molar-refractivity contribution is -0.115. The predicted octanol–water partition coefficient (Wildman–Crippen LogP) is 4.47. The van der Waals surface area contributed by atoms with Crippen LogP contribution in [0.15, 0.2) is 53.0 Å². The van der Waals surface area contributed by atoms with Crippen molar-refractivity contribution in [2.75, 3.05) is 16.9 Å². The van der Waals surface area contributed by atoms with Crippen LogP contribution in [0.1, 0.15) is 11.1 Å². The molecule has 4 nitrogen and oxygen atoms in total. The van der Waals surface area contributed by atoms with E-state index in [0.717, 1.165) is 21.9 Å². The van der Waals surface area contributed by atoms with E-state index in [0.29, 0.717) is 24.7 Å². The van der Waals surface area contributed by atoms with Crippen LogP contribution in [-0.2, 0) is 22.7 Å². The maximum absolute atomic E-state index is 12.2. The van der Waals surface area contributed by atoms with Gasteiger partial charge in [0.05, 0.1) is 31.0 Å². The lowest BCUT2D eigenvalue weighted by Crippen LogP contribution is -2.31. The minimum atomic E-state index is -0.125. The zero-order chi connectivity index (χ0) is 17.4. The summed E-state index contributed by atoms with van der Waals surface area (Å²) in [6.07, 6.45) is 2.92. The average molecular weight is 407 g/mol. The maximum Gasteiger partial charge on any atom is 0.242 e. The minimum absolute atomic E-state index is 0.125. The number of hydrogen-bond donors (Lipinski definition) is 1. The Morgan fingerprint density at radius 1 is 1.25 bits per heavy atom. The fourth-order valence-corrected chi connectivity index (χ4v) is 2.94. The van der Waals surface area contributed by atoms with Crippen LogP contribution >= 0.6 is 27.7 Å². The Hall–Kier alpha value is -1.63. The highest BCUT2D eigenvalue weighted by molar-refractivity contribution is 9.10. The second kappa shape index (κ2) is 9.61. The lowest BCUT2D eigenvalue weighted by atomic mass is 10.1. The van der Waals surface area contributed by atoms with Gasteiger partial charge in [-0.2, -0.15) is 11.8 Å². The van der Waals surface area contributed by atoms with Crippen molar-refractivity contribution in [3.05, 3.63) is 64.1 Å². The molecule has 0 saturated carbocycles. The molecule has 1 N–H and O–H groups in total. The Morgan fingerprint density at radius 3 is 2.67 bits per heavy atom. The topological polar surface area (TPSA) is 53.4 Å². The van der Waals surface area contributed by atoms with Crippen molar-refractivity contribution in [1.29, 1.82) is 5.41 Å². The fraction of sp³-hybridized carbons (Fsp3) is 0.222. The second-order valence-corrected chi connectivity index (χ2v) is 6.86. The van der Waals surface area contributed by atoms with Gasteiger partial charge in [0, 0.05) is 10.0 Å². The van der Waals surface area contributed by atoms with Crippen molar-refractivity contribution >= 4 is 45.6 Å². The Balaban J connectivity index is 2.14. The Kier molecular flexibility index (Phi) is 7.49. The highest BCUT2D eigenvalue weighted by atomic mass is 79.9. The Bertz CT molecular complexity index is 695. The number of carbonyl (C=O) groups excluding carboxylic acids is 1. The molecular formula is C18H19BrN2O2S. The summed E-state index contributed by atoms with van der Waals surface area (Å²) in [6.45, 7) is 0.869. The van der Waals surface area contributed by atoms with Crippen LogP contribution < -0.4 is 4.90 Å². The molecule has 0 spiro atoms. The summed E-state index contributed by atoms with van der Waals surface area (Å²) in [7, 11) is 0. The van der Waals surface area contributed by atoms with E-state index in [1.54, 1.807) is 0 Å². The number of carbonyl (C=O) groups is 1. The molecular weight excluding hydrogens is 388 g/mol. The van der Waals surface area contributed by atoms with Gasteiger partial charge in [-0.05, 0) is 24.0 Å². The first-order valence-corrected chi connectivity index (χ1v) is 9.56. The molecule has 0 heterocycles. The molecule has 2 aromatic rings. The smallest absolute Gasteiger partial charge is 0.242 e. The summed E-state index contributed by atoms with van der Waals surface area (Å²) < 4.78 is 6.64. The molecule has 6 heteroatoms. The van der Waals surface area contributed by atoms with Crippen LogP contribution in [0.4, 0.5) is 5.69 Å². The number of ether oxygens (including phenoxy) is 1. The fourth-order valence-electron chi connectivity index (χ4n) is 2.21. The Morgan fingerprint density at radius 2 is 2.00 bits per heavy atom. The van der Waals surface area contributed by atoms with Gasteiger partial charge in [0.25, 0.3) is 0 Å². The number of nitrogens with one attached hydrogen (secondary N) is 1. The van der Waals surface area contributed by atoms with Crippen molar-refractivity contribution in [3.8, 4) is 0 Å². The summed E-state index contributed by atoms with van der Waals surface area (Å²) in [6, 6.07) is 15.6. The largest absolute Gasteiger partial charge is 0.372 e. The molecule has 0 saturated heterocycles. The van der Waals surface area contributed by atoms with Gasteiger partial charge < -0.3 is 4.74 Å². The standard InChI is InChI=1S/C18H19BrN2O2S/c1-24-12-18(22)21(13-20)17-9-16(19)8-7-15(17)11-23-10-14-5-3-2-4-6-14/h2-9,13,20H,10-12H2,1H3. The van der Waals surface area contributed by atoms with Crippen molar-refractivity contribution in [2.45, 2.75) is 13.2 Å². The number of halogens is 1. The molecule has 24 heavy (non-hydrogen) atoms. The van der Waals surface area contributed by atoms with E-state index in [4.69, 9.17) is 10.1 Å². The van der Waals surface area contributed by atoms with E-state index in [1.165, 1.54) is 16.7 Å². The lowest BCUT2D eigenvalue weighted by Gasteiger charge is -2.20. The molecule has 1 amide bonds. The second-order valence-electron chi connectivity index (χ2n) is 5.08. The van der Waals surface area contributed by atoms with Gasteiger partial charge in [-0.25, -0.2) is 0 Å². The zero-order valence-electron chi connectivity index (χ0n) is 13.4. The highest BCUT2D eigenvalue weighted by Crippen LogP contribution is 2.26. The van der Waals surface area contributed by atoms with E-state index < -0.39 is 0 Å². The normalized spacial score (nSPS) is 10.4. The maximum atomic E-state index is 12.2. The van der Waals surface area contributed by atoms with Gasteiger partial charge in [-0.3, -0.25) is 15.1 Å². The monoisotopic (exact) mass is 406 g/mol. The van der Waals surface area contributed by atoms with Crippen molar-refractivity contribution in [2.24, 2.45) is 0 Å². The molecule has 0 aliphatic heterocycles. The summed E-state index contributed by atoms with van der Waals surface area (Å²) in [5, 5.41) is 7.60. The van der Waals surface area contributed by atoms with Crippen LogP contribution in [0.25, 0.3) is 0 Å². The molecule has 2 aromatic carbocycles. The SMILES string of the molecule is CSCC(=O)N(C=N)c1cc(Br)ccc1COCc1ccccc1. The Labute approximate surface area is 154 Å². The number of hydrogen-bond acceptors (Lipinski definition) is 4. The molecule has 0 fully saturated rings. The van der Waals surface area contributed by atoms with Crippen molar-refractivity contribution in [1.82, 2.24) is 0 Å². The minimum Gasteiger partial charge on any atom is -0.372 e. The van der Waals surface area contributed by atoms with Gasteiger partial charge in [0.2, 0.25) is 5.91 Å². The number of nitrogens with zero attached hydrogens (tertiary/aromatic N) is 1. The molecule has 126 valence electrons. The first kappa shape index (κ1) is 18.7. The number of rotatable bonds is 8. The van der Waals surface area contributed by atoms with Crippen LogP contribution in [0.3, 0.4) is 0 Å². The molecule has 0 radical (unpaired) electrons. The quantitative estimate of drug-likeness (QED) is 0.519. The van der Waals surface area contributed by atoms with Crippen LogP contribution in [0.2, 0.25) is 0 Å². The van der Waals surface area contributed by atoms with Gasteiger partial charge >= 0.3 is 0 Å². The van der Waals surface area contributed by atoms with E-state index >= 15 is 0 Å². The third-order valence-electron chi connectivity index (χ3n) is 3.34. The van der Waals surface area contributed by atoms with Crippen LogP contribution in [0, 0.1) is 5.41 Å². The number of benzene rings is 2. The molecule has 0 unspecified atom stereocenters. The molecule has 2 rings (SSSR count). The third-order valence-corrected chi connectivity index (χ3v) is 4.37. The van der Waals surface area contributed by atoms with Gasteiger partial charge in [-0.15, -0.1) is 0 Å². The molecule has 0 aromatic heterocycles. The van der Waals surface area contributed by atoms with Crippen LogP contribution in [0.5, 0.6) is 0 Å². The van der Waals surface area contributed by atoms with Gasteiger partial charge in [0.1, 0.15) is 0 Å². The van der Waals surface area contributed by atoms with Crippen molar-refractivity contribution < 1.29 is 9.53 Å². The van der Waals surface area contributed by atoms with E-state index in [2.05, 4.69) is 15.9 Å². The van der Waals surface area contributed by atoms with Gasteiger partial charge in [-0.1, -0.05) is 52.3 Å². The average Bonchev–Trinajstić information content (AvgIpc) is 2.58. The third kappa shape index (κ3) is 5.19. The molecule has 0 aliphatic carbocycles. The predicted molar refractivity (Wildman–Crippen MR) is 104 cm³/mol. The number of anilines is 1. The molecule has 0 aliphatic rings. The van der Waals surface area contributed by atoms with E-state index in [-0.39, 0.29) is 5.91 Å². The summed E-state index contributed by atoms with van der Waals surface area (Å²) in [4.78, 5) is 13.6. The van der Waals surface area contributed by atoms with Crippen LogP contribution in [-0.4, -0.2) is 24.3 Å². The van der Waals surface area contributed by atoms with Gasteiger partial charge in [0.15, 0.2) is 0 Å². The van der Waals surface area contributed by atoms with E-state index in [1.807, 2.05) is 54.8 Å². The molecule has 0 bridgehead atoms. The first-order valence-electron chi connectivity index (χ1n) is 7.37. The number of thioether (sulfide) groups is 1. The number of amides is 1. The molecule has 0 atom stereocenters. The van der Waals surface area contributed by atoms with E-state index in [9.17, 15) is 4.79 Å². The zero-order valence-corrected chi connectivity index (χ0v) is 15.8. The first-order chi connectivity index (χ1) is 11.7. The highest BCUT2D eigenvalue weighted by Gasteiger charge is 2.17. The summed E-state index contributed by atoms with van der Waals surface area (Å²) in [5.74, 6) is 0.201.